The first kappa shape index (κ1) is 17.2. The first-order valence-electron chi connectivity index (χ1n) is 8.67. The quantitative estimate of drug-likeness (QED) is 0.752. The number of hydrogen-bond acceptors (Lipinski definition) is 5. The summed E-state index contributed by atoms with van der Waals surface area (Å²) in [6, 6.07) is 8.42. The average Bonchev–Trinajstić information content (AvgIpc) is 3.09. The van der Waals surface area contributed by atoms with Crippen LogP contribution in [0.25, 0.3) is 0 Å². The molecular formula is C18H21BrN4OS. The minimum atomic E-state index is -0.190. The van der Waals surface area contributed by atoms with E-state index in [-0.39, 0.29) is 17.2 Å². The van der Waals surface area contributed by atoms with E-state index in [4.69, 9.17) is 0 Å². The van der Waals surface area contributed by atoms with Crippen molar-refractivity contribution in [3.8, 4) is 0 Å². The Balaban J connectivity index is 1.67. The van der Waals surface area contributed by atoms with Crippen molar-refractivity contribution in [2.24, 2.45) is 5.92 Å². The van der Waals surface area contributed by atoms with E-state index in [1.54, 1.807) is 11.8 Å². The Morgan fingerprint density at radius 2 is 1.92 bits per heavy atom. The fourth-order valence-electron chi connectivity index (χ4n) is 3.64. The largest absolute Gasteiger partial charge is 0.295 e. The number of halogens is 1. The number of thioether (sulfide) groups is 1. The monoisotopic (exact) mass is 420 g/mol. The number of piperidine rings is 1. The number of aryl methyl sites for hydroxylation is 1. The summed E-state index contributed by atoms with van der Waals surface area (Å²) in [7, 11) is 0. The molecule has 1 fully saturated rings. The second kappa shape index (κ2) is 6.85. The second-order valence-corrected chi connectivity index (χ2v) is 8.97. The van der Waals surface area contributed by atoms with Gasteiger partial charge in [-0.15, -0.1) is 5.10 Å². The molecule has 2 aliphatic heterocycles. The molecule has 0 bridgehead atoms. The summed E-state index contributed by atoms with van der Waals surface area (Å²) in [5.74, 6) is 1.46. The molecule has 2 unspecified atom stereocenters. The Morgan fingerprint density at radius 3 is 2.56 bits per heavy atom. The second-order valence-electron chi connectivity index (χ2n) is 6.94. The molecule has 2 aliphatic rings. The van der Waals surface area contributed by atoms with E-state index in [1.165, 1.54) is 23.1 Å². The van der Waals surface area contributed by atoms with Crippen LogP contribution in [0, 0.1) is 12.8 Å². The number of carbonyl (C=O) groups excluding carboxylic acids is 1. The van der Waals surface area contributed by atoms with Gasteiger partial charge in [0.25, 0.3) is 5.91 Å². The summed E-state index contributed by atoms with van der Waals surface area (Å²) < 4.78 is 2.54. The molecular weight excluding hydrogens is 400 g/mol. The molecule has 1 aromatic carbocycles. The molecule has 5 nitrogen and oxygen atoms in total. The molecule has 0 spiro atoms. The summed E-state index contributed by atoms with van der Waals surface area (Å²) in [4.78, 5) is 19.9. The molecule has 0 N–H and O–H groups in total. The Kier molecular flexibility index (Phi) is 4.73. The molecule has 2 atom stereocenters. The predicted octanol–water partition coefficient (Wildman–Crippen LogP) is 3.94. The van der Waals surface area contributed by atoms with Crippen LogP contribution >= 0.6 is 27.7 Å². The first-order chi connectivity index (χ1) is 12.0. The molecule has 0 saturated carbocycles. The maximum absolute atomic E-state index is 13.0. The highest BCUT2D eigenvalue weighted by molar-refractivity contribution is 9.10. The van der Waals surface area contributed by atoms with Crippen LogP contribution in [0.1, 0.15) is 42.0 Å². The molecule has 0 radical (unpaired) electrons. The molecule has 3 heterocycles. The van der Waals surface area contributed by atoms with E-state index in [1.807, 2.05) is 6.92 Å². The number of hydrogen-bond donors (Lipinski definition) is 0. The van der Waals surface area contributed by atoms with E-state index >= 15 is 0 Å². The summed E-state index contributed by atoms with van der Waals surface area (Å²) in [6.45, 7) is 6.19. The topological polar surface area (TPSA) is 51.0 Å². The predicted molar refractivity (Wildman–Crippen MR) is 102 cm³/mol. The fraction of sp³-hybridized carbons (Fsp3) is 0.500. The van der Waals surface area contributed by atoms with E-state index < -0.39 is 0 Å². The summed E-state index contributed by atoms with van der Waals surface area (Å²) >= 11 is 5.06. The van der Waals surface area contributed by atoms with Crippen LogP contribution in [0.5, 0.6) is 0 Å². The van der Waals surface area contributed by atoms with Crippen molar-refractivity contribution < 1.29 is 4.79 Å². The van der Waals surface area contributed by atoms with Crippen LogP contribution in [0.15, 0.2) is 33.9 Å². The fourth-order valence-corrected chi connectivity index (χ4v) is 5.21. The molecule has 0 amide bonds. The third-order valence-corrected chi connectivity index (χ3v) is 6.79. The maximum Gasteiger partial charge on any atom is 0.264 e. The highest BCUT2D eigenvalue weighted by Crippen LogP contribution is 2.42. The highest BCUT2D eigenvalue weighted by Gasteiger charge is 2.43. The Labute approximate surface area is 160 Å². The normalized spacial score (nSPS) is 23.0. The summed E-state index contributed by atoms with van der Waals surface area (Å²) in [5, 5.41) is 4.81. The van der Waals surface area contributed by atoms with E-state index in [9.17, 15) is 4.79 Å². The van der Waals surface area contributed by atoms with Crippen LogP contribution in [0.4, 0.5) is 0 Å². The Morgan fingerprint density at radius 1 is 1.24 bits per heavy atom. The van der Waals surface area contributed by atoms with Crippen molar-refractivity contribution in [2.75, 3.05) is 13.1 Å². The summed E-state index contributed by atoms with van der Waals surface area (Å²) in [5.41, 5.74) is 1.19. The summed E-state index contributed by atoms with van der Waals surface area (Å²) in [6.07, 6.45) is 2.36. The van der Waals surface area contributed by atoms with Crippen LogP contribution in [-0.4, -0.2) is 43.9 Å². The van der Waals surface area contributed by atoms with Crippen LogP contribution in [0.2, 0.25) is 0 Å². The number of aromatic nitrogens is 3. The van der Waals surface area contributed by atoms with Crippen molar-refractivity contribution in [1.82, 2.24) is 19.7 Å². The zero-order chi connectivity index (χ0) is 17.6. The number of rotatable bonds is 3. The molecule has 4 rings (SSSR count). The molecule has 7 heteroatoms. The van der Waals surface area contributed by atoms with Crippen molar-refractivity contribution in [3.05, 3.63) is 40.1 Å². The Bertz CT molecular complexity index is 783. The Hall–Kier alpha value is -1.18. The highest BCUT2D eigenvalue weighted by atomic mass is 79.9. The van der Waals surface area contributed by atoms with E-state index in [0.29, 0.717) is 5.82 Å². The number of benzene rings is 1. The van der Waals surface area contributed by atoms with Gasteiger partial charge in [0.15, 0.2) is 5.16 Å². The van der Waals surface area contributed by atoms with Gasteiger partial charge in [0.2, 0.25) is 0 Å². The lowest BCUT2D eigenvalue weighted by Crippen LogP contribution is -2.42. The lowest BCUT2D eigenvalue weighted by Gasteiger charge is -2.38. The van der Waals surface area contributed by atoms with Gasteiger partial charge in [-0.3, -0.25) is 9.69 Å². The number of likely N-dealkylation sites (tertiary alicyclic amines) is 1. The number of nitrogens with zero attached hydrogens (tertiary/aromatic N) is 4. The van der Waals surface area contributed by atoms with Crippen LogP contribution in [0.3, 0.4) is 0 Å². The van der Waals surface area contributed by atoms with Crippen LogP contribution < -0.4 is 0 Å². The van der Waals surface area contributed by atoms with Gasteiger partial charge in [-0.25, -0.2) is 4.98 Å². The third-order valence-electron chi connectivity index (χ3n) is 5.08. The minimum absolute atomic E-state index is 0.0483. The zero-order valence-corrected chi connectivity index (χ0v) is 16.8. The third kappa shape index (κ3) is 3.29. The van der Waals surface area contributed by atoms with E-state index in [2.05, 4.69) is 62.1 Å². The van der Waals surface area contributed by atoms with Crippen molar-refractivity contribution in [3.63, 3.8) is 0 Å². The molecule has 1 saturated heterocycles. The van der Waals surface area contributed by atoms with Gasteiger partial charge in [0.05, 0.1) is 6.04 Å². The lowest BCUT2D eigenvalue weighted by atomic mass is 9.94. The lowest BCUT2D eigenvalue weighted by molar-refractivity contribution is 0.0799. The van der Waals surface area contributed by atoms with Gasteiger partial charge in [-0.1, -0.05) is 46.7 Å². The average molecular weight is 421 g/mol. The molecule has 2 aromatic rings. The number of fused-ring (bicyclic) bond motifs is 1. The van der Waals surface area contributed by atoms with Gasteiger partial charge in [-0.05, 0) is 56.5 Å². The van der Waals surface area contributed by atoms with Gasteiger partial charge >= 0.3 is 0 Å². The first-order valence-corrected chi connectivity index (χ1v) is 10.3. The molecule has 0 aliphatic carbocycles. The molecule has 25 heavy (non-hydrogen) atoms. The van der Waals surface area contributed by atoms with Gasteiger partial charge < -0.3 is 0 Å². The smallest absolute Gasteiger partial charge is 0.264 e. The molecule has 132 valence electrons. The van der Waals surface area contributed by atoms with Gasteiger partial charge in [0.1, 0.15) is 11.1 Å². The van der Waals surface area contributed by atoms with E-state index in [0.717, 1.165) is 28.6 Å². The van der Waals surface area contributed by atoms with Gasteiger partial charge in [-0.2, -0.15) is 4.68 Å². The van der Waals surface area contributed by atoms with Crippen molar-refractivity contribution in [2.45, 2.75) is 43.1 Å². The minimum Gasteiger partial charge on any atom is -0.295 e. The molecule has 1 aromatic heterocycles. The van der Waals surface area contributed by atoms with Crippen molar-refractivity contribution in [1.29, 1.82) is 0 Å². The van der Waals surface area contributed by atoms with Gasteiger partial charge in [0, 0.05) is 4.47 Å². The van der Waals surface area contributed by atoms with Crippen molar-refractivity contribution >= 4 is 33.6 Å². The zero-order valence-electron chi connectivity index (χ0n) is 14.4. The standard InChI is InChI=1S/C18H21BrN4OS/c1-11-7-9-22(10-8-11)15(13-3-5-14(19)6-4-13)16-17(24)23-18(25-16)20-12(2)21-23/h3-6,11,15-16H,7-10H2,1-2H3. The maximum atomic E-state index is 13.0. The number of carbonyl (C=O) groups is 1. The SMILES string of the molecule is Cc1nc2n(n1)C(=O)C(C(c1ccc(Br)cc1)N1CCC(C)CC1)S2. The van der Waals surface area contributed by atoms with Crippen LogP contribution in [-0.2, 0) is 0 Å².